The number of benzene rings is 3. The van der Waals surface area contributed by atoms with Crippen LogP contribution in [0.2, 0.25) is 0 Å². The molecule has 7 nitrogen and oxygen atoms in total. The summed E-state index contributed by atoms with van der Waals surface area (Å²) in [5.41, 5.74) is 5.32. The molecule has 0 aliphatic rings. The van der Waals surface area contributed by atoms with E-state index < -0.39 is 0 Å². The highest BCUT2D eigenvalue weighted by atomic mass is 16.5. The number of rotatable bonds is 8. The molecule has 0 fully saturated rings. The quantitative estimate of drug-likeness (QED) is 0.376. The van der Waals surface area contributed by atoms with Crippen LogP contribution < -0.4 is 9.47 Å². The maximum Gasteiger partial charge on any atom is 0.204 e. The van der Waals surface area contributed by atoms with Crippen molar-refractivity contribution in [1.82, 2.24) is 25.6 Å². The Morgan fingerprint density at radius 2 is 1.67 bits per heavy atom. The van der Waals surface area contributed by atoms with Gasteiger partial charge in [-0.15, -0.1) is 10.2 Å². The molecule has 0 amide bonds. The van der Waals surface area contributed by atoms with Gasteiger partial charge in [0.15, 0.2) is 11.5 Å². The number of hydrogen-bond donors (Lipinski definition) is 1. The first-order chi connectivity index (χ1) is 16.3. The lowest BCUT2D eigenvalue weighted by Gasteiger charge is -2.12. The van der Waals surface area contributed by atoms with Crippen molar-refractivity contribution in [1.29, 1.82) is 0 Å². The van der Waals surface area contributed by atoms with Crippen LogP contribution in [0.3, 0.4) is 0 Å². The van der Waals surface area contributed by atoms with Crippen molar-refractivity contribution in [3.05, 3.63) is 95.7 Å². The lowest BCUT2D eigenvalue weighted by Crippen LogP contribution is -1.99. The van der Waals surface area contributed by atoms with Crippen molar-refractivity contribution < 1.29 is 9.47 Å². The molecule has 2 aromatic heterocycles. The lowest BCUT2D eigenvalue weighted by molar-refractivity contribution is 0.284. The van der Waals surface area contributed by atoms with Gasteiger partial charge in [0.25, 0.3) is 0 Å². The number of H-pyrrole nitrogens is 1. The number of fused-ring (bicyclic) bond motifs is 1. The Morgan fingerprint density at radius 3 is 2.48 bits per heavy atom. The van der Waals surface area contributed by atoms with Gasteiger partial charge >= 0.3 is 0 Å². The number of ether oxygens (including phenoxy) is 2. The third-order valence-electron chi connectivity index (χ3n) is 5.51. The van der Waals surface area contributed by atoms with Gasteiger partial charge in [0.1, 0.15) is 6.61 Å². The Bertz CT molecular complexity index is 1350. The monoisotopic (exact) mass is 437 g/mol. The Labute approximate surface area is 191 Å². The zero-order valence-corrected chi connectivity index (χ0v) is 18.2. The van der Waals surface area contributed by atoms with Crippen molar-refractivity contribution >= 4 is 10.9 Å². The number of aryl methyl sites for hydroxylation is 2. The Balaban J connectivity index is 1.19. The predicted octanol–water partition coefficient (Wildman–Crippen LogP) is 4.79. The summed E-state index contributed by atoms with van der Waals surface area (Å²) in [6, 6.07) is 26.5. The summed E-state index contributed by atoms with van der Waals surface area (Å²) in [4.78, 5) is 4.76. The van der Waals surface area contributed by atoms with Gasteiger partial charge in [-0.1, -0.05) is 48.5 Å². The van der Waals surface area contributed by atoms with Gasteiger partial charge in [-0.2, -0.15) is 5.21 Å². The minimum Gasteiger partial charge on any atom is -0.493 e. The number of nitrogens with zero attached hydrogens (tertiary/aromatic N) is 4. The summed E-state index contributed by atoms with van der Waals surface area (Å²) in [6.07, 6.45) is 1.85. The van der Waals surface area contributed by atoms with Gasteiger partial charge in [-0.05, 0) is 59.5 Å². The summed E-state index contributed by atoms with van der Waals surface area (Å²) in [5, 5.41) is 15.2. The van der Waals surface area contributed by atoms with Crippen LogP contribution >= 0.6 is 0 Å². The predicted molar refractivity (Wildman–Crippen MR) is 126 cm³/mol. The average Bonchev–Trinajstić information content (AvgIpc) is 3.42. The van der Waals surface area contributed by atoms with Crippen LogP contribution in [-0.2, 0) is 19.4 Å². The Morgan fingerprint density at radius 1 is 0.818 bits per heavy atom. The number of hydrogen-bond acceptors (Lipinski definition) is 6. The molecule has 3 aromatic carbocycles. The summed E-state index contributed by atoms with van der Waals surface area (Å²) < 4.78 is 11.5. The van der Waals surface area contributed by atoms with E-state index in [4.69, 9.17) is 14.5 Å². The molecule has 164 valence electrons. The van der Waals surface area contributed by atoms with Crippen molar-refractivity contribution in [2.24, 2.45) is 0 Å². The number of aromatic amines is 1. The maximum atomic E-state index is 6.00. The number of nitrogens with one attached hydrogen (secondary N) is 1. The number of para-hydroxylation sites is 1. The minimum absolute atomic E-state index is 0.449. The molecule has 5 rings (SSSR count). The van der Waals surface area contributed by atoms with Crippen LogP contribution in [0.25, 0.3) is 22.3 Å². The van der Waals surface area contributed by atoms with Crippen molar-refractivity contribution in [3.8, 4) is 22.9 Å². The van der Waals surface area contributed by atoms with Crippen LogP contribution in [0.4, 0.5) is 0 Å². The van der Waals surface area contributed by atoms with Crippen LogP contribution in [0, 0.1) is 0 Å². The van der Waals surface area contributed by atoms with Gasteiger partial charge < -0.3 is 9.47 Å². The molecule has 5 aromatic rings. The van der Waals surface area contributed by atoms with E-state index in [0.29, 0.717) is 23.9 Å². The molecule has 0 bridgehead atoms. The average molecular weight is 438 g/mol. The summed E-state index contributed by atoms with van der Waals surface area (Å²) in [5.74, 6) is 1.79. The van der Waals surface area contributed by atoms with E-state index in [1.807, 2.05) is 30.3 Å². The molecule has 2 heterocycles. The number of tetrazole rings is 1. The molecule has 1 N–H and O–H groups in total. The highest BCUT2D eigenvalue weighted by Gasteiger charge is 2.10. The van der Waals surface area contributed by atoms with Gasteiger partial charge in [-0.25, -0.2) is 0 Å². The van der Waals surface area contributed by atoms with Crippen molar-refractivity contribution in [3.63, 3.8) is 0 Å². The SMILES string of the molecule is COc1cc(-c2nn[nH]n2)ccc1OCc1ccc(CCc2ccc3ccccc3n2)cc1. The standard InChI is InChI=1S/C26H23N5O2/c1-32-25-16-21(26-28-30-31-29-26)12-15-24(25)33-17-19-8-6-18(7-9-19)10-13-22-14-11-20-4-2-3-5-23(20)27-22/h2-9,11-12,14-16H,10,13,17H2,1H3,(H,28,29,30,31). The third-order valence-corrected chi connectivity index (χ3v) is 5.51. The smallest absolute Gasteiger partial charge is 0.204 e. The summed E-state index contributed by atoms with van der Waals surface area (Å²) in [6.45, 7) is 0.449. The second-order valence-electron chi connectivity index (χ2n) is 7.70. The molecular formula is C26H23N5O2. The molecule has 7 heteroatoms. The van der Waals surface area contributed by atoms with E-state index in [1.54, 1.807) is 7.11 Å². The molecule has 0 radical (unpaired) electrons. The second-order valence-corrected chi connectivity index (χ2v) is 7.70. The van der Waals surface area contributed by atoms with E-state index in [2.05, 4.69) is 69.2 Å². The largest absolute Gasteiger partial charge is 0.493 e. The lowest BCUT2D eigenvalue weighted by atomic mass is 10.1. The third kappa shape index (κ3) is 4.82. The molecule has 0 saturated carbocycles. The van der Waals surface area contributed by atoms with E-state index in [0.717, 1.165) is 35.2 Å². The first kappa shape index (κ1) is 20.6. The fourth-order valence-electron chi connectivity index (χ4n) is 3.69. The van der Waals surface area contributed by atoms with Crippen molar-refractivity contribution in [2.75, 3.05) is 7.11 Å². The van der Waals surface area contributed by atoms with E-state index in [-0.39, 0.29) is 0 Å². The molecule has 33 heavy (non-hydrogen) atoms. The zero-order valence-electron chi connectivity index (χ0n) is 18.2. The molecule has 0 atom stereocenters. The summed E-state index contributed by atoms with van der Waals surface area (Å²) >= 11 is 0. The van der Waals surface area contributed by atoms with Crippen LogP contribution in [0.5, 0.6) is 11.5 Å². The molecule has 0 aliphatic carbocycles. The van der Waals surface area contributed by atoms with Crippen LogP contribution in [0.15, 0.2) is 78.9 Å². The second kappa shape index (κ2) is 9.48. The van der Waals surface area contributed by atoms with E-state index >= 15 is 0 Å². The molecule has 0 unspecified atom stereocenters. The fraction of sp³-hybridized carbons (Fsp3) is 0.154. The minimum atomic E-state index is 0.449. The van der Waals surface area contributed by atoms with Gasteiger partial charge in [0, 0.05) is 16.6 Å². The highest BCUT2D eigenvalue weighted by molar-refractivity contribution is 5.78. The molecular weight excluding hydrogens is 414 g/mol. The molecule has 0 aliphatic heterocycles. The fourth-order valence-corrected chi connectivity index (χ4v) is 3.69. The number of aromatic nitrogens is 5. The van der Waals surface area contributed by atoms with E-state index in [9.17, 15) is 0 Å². The van der Waals surface area contributed by atoms with Gasteiger partial charge in [-0.3, -0.25) is 4.98 Å². The van der Waals surface area contributed by atoms with Crippen LogP contribution in [0.1, 0.15) is 16.8 Å². The first-order valence-corrected chi connectivity index (χ1v) is 10.8. The van der Waals surface area contributed by atoms with Crippen molar-refractivity contribution in [2.45, 2.75) is 19.4 Å². The number of pyridine rings is 1. The van der Waals surface area contributed by atoms with Gasteiger partial charge in [0.2, 0.25) is 5.82 Å². The Hall–Kier alpha value is -4.26. The topological polar surface area (TPSA) is 85.8 Å². The normalized spacial score (nSPS) is 10.9. The van der Waals surface area contributed by atoms with Gasteiger partial charge in [0.05, 0.1) is 12.6 Å². The Kier molecular flexibility index (Phi) is 5.93. The zero-order chi connectivity index (χ0) is 22.5. The molecule has 0 saturated heterocycles. The molecule has 0 spiro atoms. The highest BCUT2D eigenvalue weighted by Crippen LogP contribution is 2.31. The number of methoxy groups -OCH3 is 1. The first-order valence-electron chi connectivity index (χ1n) is 10.8. The summed E-state index contributed by atoms with van der Waals surface area (Å²) in [7, 11) is 1.61. The maximum absolute atomic E-state index is 6.00. The van der Waals surface area contributed by atoms with E-state index in [1.165, 1.54) is 10.9 Å². The van der Waals surface area contributed by atoms with Crippen LogP contribution in [-0.4, -0.2) is 32.7 Å².